The van der Waals surface area contributed by atoms with Crippen LogP contribution in [0.4, 0.5) is 0 Å². The summed E-state index contributed by atoms with van der Waals surface area (Å²) in [5.41, 5.74) is 1.10. The lowest BCUT2D eigenvalue weighted by atomic mass is 9.98. The Kier molecular flexibility index (Phi) is 6.29. The predicted octanol–water partition coefficient (Wildman–Crippen LogP) is 2.96. The number of halogens is 1. The van der Waals surface area contributed by atoms with E-state index in [4.69, 9.17) is 20.8 Å². The first-order valence-corrected chi connectivity index (χ1v) is 10.3. The standard InChI is InChI=1S/C21H26ClN3O3/c22-18-5-1-3-16(11-18)12-19-13-23-21(28-19)17-4-2-6-25(14-17)20(26)15-24-7-9-27-10-8-24/h1,3,5,11,13,17H,2,4,6-10,12,14-15H2/t17-/m0/s1. The Balaban J connectivity index is 1.35. The summed E-state index contributed by atoms with van der Waals surface area (Å²) in [7, 11) is 0. The number of amides is 1. The molecule has 28 heavy (non-hydrogen) atoms. The third-order valence-electron chi connectivity index (χ3n) is 5.42. The van der Waals surface area contributed by atoms with Crippen molar-refractivity contribution < 1.29 is 13.9 Å². The van der Waals surface area contributed by atoms with Gasteiger partial charge in [-0.3, -0.25) is 9.69 Å². The Bertz CT molecular complexity index is 804. The van der Waals surface area contributed by atoms with Gasteiger partial charge in [0.2, 0.25) is 5.91 Å². The molecule has 150 valence electrons. The summed E-state index contributed by atoms with van der Waals surface area (Å²) in [6, 6.07) is 7.77. The number of aromatic nitrogens is 1. The first-order chi connectivity index (χ1) is 13.7. The number of oxazole rings is 1. The first-order valence-electron chi connectivity index (χ1n) is 9.94. The van der Waals surface area contributed by atoms with E-state index in [9.17, 15) is 4.79 Å². The summed E-state index contributed by atoms with van der Waals surface area (Å²) >= 11 is 6.06. The van der Waals surface area contributed by atoms with Gasteiger partial charge in [0, 0.05) is 37.6 Å². The summed E-state index contributed by atoms with van der Waals surface area (Å²) in [4.78, 5) is 21.3. The van der Waals surface area contributed by atoms with Crippen molar-refractivity contribution in [2.75, 3.05) is 45.9 Å². The molecule has 0 saturated carbocycles. The Morgan fingerprint density at radius 3 is 2.93 bits per heavy atom. The summed E-state index contributed by atoms with van der Waals surface area (Å²) in [6.07, 6.45) is 4.44. The molecule has 0 unspecified atom stereocenters. The number of ether oxygens (including phenoxy) is 1. The normalized spacial score (nSPS) is 21.0. The van der Waals surface area contributed by atoms with Crippen molar-refractivity contribution >= 4 is 17.5 Å². The Morgan fingerprint density at radius 1 is 1.25 bits per heavy atom. The third-order valence-corrected chi connectivity index (χ3v) is 5.66. The number of hydrogen-bond donors (Lipinski definition) is 0. The van der Waals surface area contributed by atoms with Crippen LogP contribution in [0.1, 0.15) is 36.0 Å². The number of piperidine rings is 1. The highest BCUT2D eigenvalue weighted by molar-refractivity contribution is 6.30. The van der Waals surface area contributed by atoms with Crippen molar-refractivity contribution in [1.29, 1.82) is 0 Å². The average molecular weight is 404 g/mol. The van der Waals surface area contributed by atoms with E-state index >= 15 is 0 Å². The van der Waals surface area contributed by atoms with Gasteiger partial charge < -0.3 is 14.1 Å². The van der Waals surface area contributed by atoms with Crippen LogP contribution in [0.3, 0.4) is 0 Å². The second-order valence-electron chi connectivity index (χ2n) is 7.54. The Labute approximate surface area is 170 Å². The van der Waals surface area contributed by atoms with Crippen LogP contribution in [0.2, 0.25) is 5.02 Å². The monoisotopic (exact) mass is 403 g/mol. The van der Waals surface area contributed by atoms with E-state index in [0.29, 0.717) is 32.7 Å². The Hall–Kier alpha value is -1.89. The molecule has 2 aliphatic heterocycles. The molecule has 2 aromatic rings. The second-order valence-corrected chi connectivity index (χ2v) is 7.98. The second kappa shape index (κ2) is 9.07. The van der Waals surface area contributed by atoms with Crippen LogP contribution in [0.15, 0.2) is 34.9 Å². The number of carbonyl (C=O) groups excluding carboxylic acids is 1. The molecule has 1 atom stereocenters. The number of morpholine rings is 1. The smallest absolute Gasteiger partial charge is 0.236 e. The minimum atomic E-state index is 0.163. The van der Waals surface area contributed by atoms with Gasteiger partial charge in [0.1, 0.15) is 5.76 Å². The predicted molar refractivity (Wildman–Crippen MR) is 107 cm³/mol. The number of carbonyl (C=O) groups is 1. The fraction of sp³-hybridized carbons (Fsp3) is 0.524. The highest BCUT2D eigenvalue weighted by atomic mass is 35.5. The van der Waals surface area contributed by atoms with Crippen molar-refractivity contribution in [2.24, 2.45) is 0 Å². The van der Waals surface area contributed by atoms with Gasteiger partial charge >= 0.3 is 0 Å². The van der Waals surface area contributed by atoms with E-state index in [2.05, 4.69) is 9.88 Å². The van der Waals surface area contributed by atoms with Gasteiger partial charge in [-0.15, -0.1) is 0 Å². The molecule has 4 rings (SSSR count). The fourth-order valence-electron chi connectivity index (χ4n) is 3.90. The van der Waals surface area contributed by atoms with Crippen molar-refractivity contribution in [3.05, 3.63) is 52.7 Å². The first kappa shape index (κ1) is 19.4. The van der Waals surface area contributed by atoms with Gasteiger partial charge in [-0.2, -0.15) is 0 Å². The molecule has 2 fully saturated rings. The lowest BCUT2D eigenvalue weighted by Crippen LogP contribution is -2.47. The maximum absolute atomic E-state index is 12.7. The molecule has 2 aliphatic rings. The molecule has 1 aromatic carbocycles. The molecule has 3 heterocycles. The van der Waals surface area contributed by atoms with Gasteiger partial charge in [0.15, 0.2) is 5.89 Å². The molecule has 1 amide bonds. The molecule has 0 bridgehead atoms. The third kappa shape index (κ3) is 4.93. The zero-order valence-electron chi connectivity index (χ0n) is 16.0. The van der Waals surface area contributed by atoms with Crippen molar-refractivity contribution in [2.45, 2.75) is 25.2 Å². The molecule has 0 radical (unpaired) electrons. The molecular weight excluding hydrogens is 378 g/mol. The summed E-state index contributed by atoms with van der Waals surface area (Å²) in [5.74, 6) is 1.92. The van der Waals surface area contributed by atoms with Gasteiger partial charge in [0.05, 0.1) is 31.9 Å². The van der Waals surface area contributed by atoms with Gasteiger partial charge in [-0.1, -0.05) is 23.7 Å². The van der Waals surface area contributed by atoms with E-state index in [1.54, 1.807) is 6.20 Å². The van der Waals surface area contributed by atoms with Crippen molar-refractivity contribution in [3.63, 3.8) is 0 Å². The van der Waals surface area contributed by atoms with Crippen LogP contribution < -0.4 is 0 Å². The molecule has 2 saturated heterocycles. The summed E-state index contributed by atoms with van der Waals surface area (Å²) < 4.78 is 11.4. The lowest BCUT2D eigenvalue weighted by Gasteiger charge is -2.34. The molecule has 7 heteroatoms. The number of nitrogens with zero attached hydrogens (tertiary/aromatic N) is 3. The highest BCUT2D eigenvalue weighted by Crippen LogP contribution is 2.27. The quantitative estimate of drug-likeness (QED) is 0.768. The van der Waals surface area contributed by atoms with Crippen LogP contribution in [0, 0.1) is 0 Å². The highest BCUT2D eigenvalue weighted by Gasteiger charge is 2.28. The molecule has 0 N–H and O–H groups in total. The minimum absolute atomic E-state index is 0.163. The van der Waals surface area contributed by atoms with Gasteiger partial charge in [0.25, 0.3) is 0 Å². The maximum Gasteiger partial charge on any atom is 0.236 e. The molecule has 6 nitrogen and oxygen atoms in total. The van der Waals surface area contributed by atoms with Gasteiger partial charge in [-0.05, 0) is 30.5 Å². The average Bonchev–Trinajstić information content (AvgIpc) is 3.17. The molecular formula is C21H26ClN3O3. The van der Waals surface area contributed by atoms with E-state index < -0.39 is 0 Å². The molecule has 0 spiro atoms. The number of benzene rings is 1. The minimum Gasteiger partial charge on any atom is -0.445 e. The summed E-state index contributed by atoms with van der Waals surface area (Å²) in [6.45, 7) is 5.05. The number of rotatable bonds is 5. The summed E-state index contributed by atoms with van der Waals surface area (Å²) in [5, 5.41) is 0.721. The van der Waals surface area contributed by atoms with Gasteiger partial charge in [-0.25, -0.2) is 4.98 Å². The van der Waals surface area contributed by atoms with E-state index in [1.807, 2.05) is 29.2 Å². The maximum atomic E-state index is 12.7. The van der Waals surface area contributed by atoms with E-state index in [-0.39, 0.29) is 11.8 Å². The Morgan fingerprint density at radius 2 is 2.11 bits per heavy atom. The van der Waals surface area contributed by atoms with Crippen LogP contribution in [0.5, 0.6) is 0 Å². The van der Waals surface area contributed by atoms with E-state index in [1.165, 1.54) is 0 Å². The van der Waals surface area contributed by atoms with Crippen LogP contribution >= 0.6 is 11.6 Å². The van der Waals surface area contributed by atoms with Crippen LogP contribution in [0.25, 0.3) is 0 Å². The van der Waals surface area contributed by atoms with Crippen LogP contribution in [-0.2, 0) is 16.0 Å². The molecule has 0 aliphatic carbocycles. The fourth-order valence-corrected chi connectivity index (χ4v) is 4.11. The molecule has 1 aromatic heterocycles. The van der Waals surface area contributed by atoms with E-state index in [0.717, 1.165) is 54.7 Å². The zero-order chi connectivity index (χ0) is 19.3. The largest absolute Gasteiger partial charge is 0.445 e. The van der Waals surface area contributed by atoms with Crippen molar-refractivity contribution in [3.8, 4) is 0 Å². The zero-order valence-corrected chi connectivity index (χ0v) is 16.7. The topological polar surface area (TPSA) is 58.8 Å². The van der Waals surface area contributed by atoms with Crippen molar-refractivity contribution in [1.82, 2.24) is 14.8 Å². The lowest BCUT2D eigenvalue weighted by molar-refractivity contribution is -0.134. The number of hydrogen-bond acceptors (Lipinski definition) is 5. The van der Waals surface area contributed by atoms with Crippen LogP contribution in [-0.4, -0.2) is 66.6 Å². The number of likely N-dealkylation sites (tertiary alicyclic amines) is 1. The SMILES string of the molecule is O=C(CN1CCOCC1)N1CCC[C@H](c2ncc(Cc3cccc(Cl)c3)o2)C1.